The van der Waals surface area contributed by atoms with E-state index in [-0.39, 0.29) is 25.0 Å². The van der Waals surface area contributed by atoms with E-state index in [1.807, 2.05) is 36.4 Å². The minimum absolute atomic E-state index is 0.174. The second kappa shape index (κ2) is 9.49. The van der Waals surface area contributed by atoms with E-state index in [1.165, 1.54) is 4.90 Å². The first kappa shape index (κ1) is 24.5. The average molecular weight is 531 g/mol. The number of imide groups is 1. The third-order valence-corrected chi connectivity index (χ3v) is 8.69. The van der Waals surface area contributed by atoms with Gasteiger partial charge in [0.15, 0.2) is 0 Å². The molecule has 0 aliphatic carbocycles. The van der Waals surface area contributed by atoms with Gasteiger partial charge in [0.2, 0.25) is 11.8 Å². The van der Waals surface area contributed by atoms with Crippen molar-refractivity contribution in [2.45, 2.75) is 32.5 Å². The average Bonchev–Trinajstić information content (AvgIpc) is 3.62. The van der Waals surface area contributed by atoms with Gasteiger partial charge in [0, 0.05) is 17.7 Å². The van der Waals surface area contributed by atoms with Crippen molar-refractivity contribution in [1.29, 1.82) is 0 Å². The Labute approximate surface area is 223 Å². The first-order chi connectivity index (χ1) is 18.5. The Bertz CT molecular complexity index is 1370. The summed E-state index contributed by atoms with van der Waals surface area (Å²) in [5, 5.41) is 0. The lowest BCUT2D eigenvalue weighted by molar-refractivity contribution is -0.124. The molecule has 2 aromatic carbocycles. The minimum atomic E-state index is -0.679. The van der Waals surface area contributed by atoms with Crippen molar-refractivity contribution in [3.63, 3.8) is 0 Å². The lowest BCUT2D eigenvalue weighted by atomic mass is 9.77. The predicted octanol–water partition coefficient (Wildman–Crippen LogP) is 4.52. The first-order valence-electron chi connectivity index (χ1n) is 12.7. The molecule has 0 radical (unpaired) electrons. The predicted molar refractivity (Wildman–Crippen MR) is 140 cm³/mol. The van der Waals surface area contributed by atoms with Gasteiger partial charge in [0.1, 0.15) is 9.75 Å². The van der Waals surface area contributed by atoms with E-state index in [0.29, 0.717) is 33.1 Å². The van der Waals surface area contributed by atoms with E-state index < -0.39 is 35.9 Å². The maximum Gasteiger partial charge on any atom is 0.348 e. The van der Waals surface area contributed by atoms with E-state index in [1.54, 1.807) is 38.1 Å². The number of fused-ring (bicyclic) bond motifs is 8. The smallest absolute Gasteiger partial charge is 0.348 e. The summed E-state index contributed by atoms with van der Waals surface area (Å²) in [7, 11) is 0. The number of rotatable bonds is 7. The van der Waals surface area contributed by atoms with Crippen LogP contribution in [0.5, 0.6) is 0 Å². The molecule has 4 heterocycles. The molecule has 2 fully saturated rings. The lowest BCUT2D eigenvalue weighted by Gasteiger charge is -2.27. The van der Waals surface area contributed by atoms with Gasteiger partial charge in [-0.2, -0.15) is 0 Å². The van der Waals surface area contributed by atoms with Crippen LogP contribution in [0.1, 0.15) is 62.0 Å². The van der Waals surface area contributed by atoms with Crippen LogP contribution in [0.3, 0.4) is 0 Å². The maximum atomic E-state index is 13.9. The third-order valence-electron chi connectivity index (χ3n) is 7.51. The van der Waals surface area contributed by atoms with Crippen molar-refractivity contribution in [2.75, 3.05) is 18.1 Å². The number of hydrogen-bond donors (Lipinski definition) is 0. The fourth-order valence-corrected chi connectivity index (χ4v) is 7.39. The zero-order chi connectivity index (χ0) is 26.6. The van der Waals surface area contributed by atoms with Crippen LogP contribution in [0.4, 0.5) is 5.69 Å². The Kier molecular flexibility index (Phi) is 6.12. The summed E-state index contributed by atoms with van der Waals surface area (Å²) in [4.78, 5) is 58.0. The van der Waals surface area contributed by atoms with Crippen molar-refractivity contribution >= 4 is 40.8 Å². The molecule has 2 saturated heterocycles. The second-order valence-electron chi connectivity index (χ2n) is 9.48. The molecule has 0 unspecified atom stereocenters. The van der Waals surface area contributed by atoms with Crippen LogP contribution in [0.15, 0.2) is 60.7 Å². The number of carbonyl (C=O) groups is 4. The summed E-state index contributed by atoms with van der Waals surface area (Å²) in [6.07, 6.45) is 0. The van der Waals surface area contributed by atoms with Gasteiger partial charge in [-0.05, 0) is 31.5 Å². The van der Waals surface area contributed by atoms with Crippen LogP contribution in [-0.2, 0) is 25.6 Å². The number of benzene rings is 2. The van der Waals surface area contributed by atoms with Gasteiger partial charge in [-0.1, -0.05) is 48.5 Å². The van der Waals surface area contributed by atoms with E-state index >= 15 is 0 Å². The highest BCUT2D eigenvalue weighted by Gasteiger charge is 2.68. The Morgan fingerprint density at radius 2 is 1.24 bits per heavy atom. The first-order valence-corrected chi connectivity index (χ1v) is 13.5. The fraction of sp³-hybridized carbons (Fsp3) is 0.310. The molecule has 4 atom stereocenters. The van der Waals surface area contributed by atoms with Gasteiger partial charge in [-0.25, -0.2) is 14.5 Å². The molecule has 2 amide bonds. The van der Waals surface area contributed by atoms with Gasteiger partial charge < -0.3 is 9.47 Å². The summed E-state index contributed by atoms with van der Waals surface area (Å²) in [6.45, 7) is 4.25. The third kappa shape index (κ3) is 3.53. The molecule has 3 aliphatic rings. The molecule has 3 aromatic rings. The molecule has 0 saturated carbocycles. The number of ether oxygens (including phenoxy) is 2. The molecule has 194 valence electrons. The van der Waals surface area contributed by atoms with Crippen LogP contribution in [-0.4, -0.2) is 41.9 Å². The van der Waals surface area contributed by atoms with E-state index in [4.69, 9.17) is 9.47 Å². The van der Waals surface area contributed by atoms with Gasteiger partial charge in [-0.3, -0.25) is 14.5 Å². The Morgan fingerprint density at radius 3 is 1.71 bits per heavy atom. The normalized spacial score (nSPS) is 23.5. The Hall–Kier alpha value is -3.82. The fourth-order valence-electron chi connectivity index (χ4n) is 6.22. The zero-order valence-corrected chi connectivity index (χ0v) is 21.8. The standard InChI is InChI=1S/C29H26N2O6S/c1-3-36-28(34)24-18-19(25(38-24)29(35)37-4-2)23-21-20(22(18)30(23)15-16-11-7-5-8-12-16)26(32)31(27(21)33)17-13-9-6-10-14-17/h5-14,20-23H,3-4,15H2,1-2H3/t20-,21+,22-,23+. The molecule has 8 nitrogen and oxygen atoms in total. The van der Waals surface area contributed by atoms with Gasteiger partial charge in [0.25, 0.3) is 0 Å². The minimum Gasteiger partial charge on any atom is -0.462 e. The molecular formula is C29H26N2O6S. The zero-order valence-electron chi connectivity index (χ0n) is 21.0. The van der Waals surface area contributed by atoms with E-state index in [9.17, 15) is 19.2 Å². The molecule has 1 aromatic heterocycles. The van der Waals surface area contributed by atoms with Crippen molar-refractivity contribution in [3.05, 3.63) is 87.1 Å². The van der Waals surface area contributed by atoms with Gasteiger partial charge in [-0.15, -0.1) is 11.3 Å². The van der Waals surface area contributed by atoms with Crippen molar-refractivity contribution in [1.82, 2.24) is 4.90 Å². The molecular weight excluding hydrogens is 504 g/mol. The molecule has 3 aliphatic heterocycles. The molecule has 2 bridgehead atoms. The Balaban J connectivity index is 1.52. The van der Waals surface area contributed by atoms with Crippen LogP contribution >= 0.6 is 11.3 Å². The van der Waals surface area contributed by atoms with Crippen molar-refractivity contribution in [3.8, 4) is 0 Å². The van der Waals surface area contributed by atoms with Crippen LogP contribution in [0, 0.1) is 11.8 Å². The Morgan fingerprint density at radius 1 is 0.763 bits per heavy atom. The number of nitrogens with zero attached hydrogens (tertiary/aromatic N) is 2. The van der Waals surface area contributed by atoms with Gasteiger partial charge >= 0.3 is 11.9 Å². The molecule has 9 heteroatoms. The summed E-state index contributed by atoms with van der Waals surface area (Å²) in [5.41, 5.74) is 2.76. The van der Waals surface area contributed by atoms with Crippen molar-refractivity contribution < 1.29 is 28.7 Å². The summed E-state index contributed by atoms with van der Waals surface area (Å²) in [6, 6.07) is 17.5. The summed E-state index contributed by atoms with van der Waals surface area (Å²) >= 11 is 1.04. The largest absolute Gasteiger partial charge is 0.462 e. The number of esters is 2. The van der Waals surface area contributed by atoms with Gasteiger partial charge in [0.05, 0.1) is 42.8 Å². The number of thiophene rings is 1. The van der Waals surface area contributed by atoms with Crippen molar-refractivity contribution in [2.24, 2.45) is 11.8 Å². The summed E-state index contributed by atoms with van der Waals surface area (Å²) < 4.78 is 10.7. The number of amides is 2. The summed E-state index contributed by atoms with van der Waals surface area (Å²) in [5.74, 6) is -3.01. The number of carbonyl (C=O) groups excluding carboxylic acids is 4. The highest BCUT2D eigenvalue weighted by molar-refractivity contribution is 7.16. The van der Waals surface area contributed by atoms with Crippen LogP contribution < -0.4 is 4.90 Å². The molecule has 6 rings (SSSR count). The molecule has 0 N–H and O–H groups in total. The topological polar surface area (TPSA) is 93.2 Å². The van der Waals surface area contributed by atoms with E-state index in [0.717, 1.165) is 16.9 Å². The van der Waals surface area contributed by atoms with E-state index in [2.05, 4.69) is 4.90 Å². The van der Waals surface area contributed by atoms with Crippen LogP contribution in [0.2, 0.25) is 0 Å². The molecule has 0 spiro atoms. The number of para-hydroxylation sites is 1. The maximum absolute atomic E-state index is 13.9. The monoisotopic (exact) mass is 530 g/mol. The molecule has 38 heavy (non-hydrogen) atoms. The lowest BCUT2D eigenvalue weighted by Crippen LogP contribution is -2.36. The highest BCUT2D eigenvalue weighted by atomic mass is 32.1. The quantitative estimate of drug-likeness (QED) is 0.328. The SMILES string of the molecule is CCOC(=O)c1sc(C(=O)OCC)c2c1[C@@H]1[C@@H]3C(=O)N(c4ccccc4)C(=O)[C@@H]3[C@H]2N1Cc1ccccc1. The second-order valence-corrected chi connectivity index (χ2v) is 10.5. The van der Waals surface area contributed by atoms with Crippen LogP contribution in [0.25, 0.3) is 0 Å². The number of anilines is 1. The highest BCUT2D eigenvalue weighted by Crippen LogP contribution is 2.65. The number of hydrogen-bond acceptors (Lipinski definition) is 8.